The van der Waals surface area contributed by atoms with E-state index < -0.39 is 40.7 Å². The summed E-state index contributed by atoms with van der Waals surface area (Å²) in [4.78, 5) is 12.0. The van der Waals surface area contributed by atoms with Crippen LogP contribution in [0.15, 0.2) is 0 Å². The van der Waals surface area contributed by atoms with E-state index in [-0.39, 0.29) is 0 Å². The van der Waals surface area contributed by atoms with Gasteiger partial charge in [-0.05, 0) is 19.8 Å². The van der Waals surface area contributed by atoms with E-state index in [4.69, 9.17) is 10.2 Å². The maximum Gasteiger partial charge on any atom is 0.239 e. The molecule has 0 saturated carbocycles. The number of carbonyl (C=O) groups is 1. The lowest BCUT2D eigenvalue weighted by Crippen LogP contribution is -2.57. The van der Waals surface area contributed by atoms with Gasteiger partial charge >= 0.3 is 0 Å². The Kier molecular flexibility index (Phi) is 4.71. The van der Waals surface area contributed by atoms with E-state index in [1.165, 1.54) is 6.92 Å². The highest BCUT2D eigenvalue weighted by Crippen LogP contribution is 2.21. The number of nitrogens with zero attached hydrogens (tertiary/aromatic N) is 1. The van der Waals surface area contributed by atoms with E-state index >= 15 is 0 Å². The van der Waals surface area contributed by atoms with Crippen molar-refractivity contribution in [2.45, 2.75) is 31.3 Å². The molecule has 1 fully saturated rings. The monoisotopic (exact) mass is 280 g/mol. The number of hydrogen-bond donors (Lipinski definition) is 3. The maximum atomic E-state index is 12.0. The van der Waals surface area contributed by atoms with Crippen molar-refractivity contribution in [3.8, 4) is 0 Å². The lowest BCUT2D eigenvalue weighted by atomic mass is 10.0. The normalized spacial score (nSPS) is 22.1. The molecule has 1 unspecified atom stereocenters. The summed E-state index contributed by atoms with van der Waals surface area (Å²) in [5.74, 6) is -0.483. The molecule has 1 atom stereocenters. The van der Waals surface area contributed by atoms with Crippen molar-refractivity contribution in [1.82, 2.24) is 9.62 Å². The average molecular weight is 280 g/mol. The van der Waals surface area contributed by atoms with E-state index in [1.807, 2.05) is 0 Å². The Morgan fingerprint density at radius 1 is 1.44 bits per heavy atom. The molecule has 1 saturated heterocycles. The highest BCUT2D eigenvalue weighted by atomic mass is 32.2. The van der Waals surface area contributed by atoms with Gasteiger partial charge in [0.1, 0.15) is 6.04 Å². The van der Waals surface area contributed by atoms with Gasteiger partial charge in [0.25, 0.3) is 0 Å². The Hall–Kier alpha value is -0.700. The van der Waals surface area contributed by atoms with Crippen LogP contribution >= 0.6 is 0 Å². The van der Waals surface area contributed by atoms with Crippen molar-refractivity contribution in [3.63, 3.8) is 0 Å². The van der Waals surface area contributed by atoms with E-state index in [0.29, 0.717) is 19.4 Å². The highest BCUT2D eigenvalue weighted by Gasteiger charge is 2.38. The van der Waals surface area contributed by atoms with Crippen LogP contribution in [0.3, 0.4) is 0 Å². The summed E-state index contributed by atoms with van der Waals surface area (Å²) in [6.45, 7) is 0.984. The fraction of sp³-hybridized carbons (Fsp3) is 0.900. The molecule has 1 aliphatic rings. The SMILES string of the molecule is CC(CO)(CO)NC(=O)C1CCCN1S(C)(=O)=O. The van der Waals surface area contributed by atoms with Gasteiger partial charge < -0.3 is 15.5 Å². The first-order chi connectivity index (χ1) is 8.23. The predicted molar refractivity (Wildman–Crippen MR) is 65.3 cm³/mol. The second-order valence-corrected chi connectivity index (χ2v) is 6.83. The molecule has 8 heteroatoms. The summed E-state index contributed by atoms with van der Waals surface area (Å²) in [5, 5.41) is 20.7. The Morgan fingerprint density at radius 2 is 2.00 bits per heavy atom. The Morgan fingerprint density at radius 3 is 2.44 bits per heavy atom. The third-order valence-electron chi connectivity index (χ3n) is 3.06. The summed E-state index contributed by atoms with van der Waals surface area (Å²) < 4.78 is 24.2. The summed E-state index contributed by atoms with van der Waals surface area (Å²) >= 11 is 0. The van der Waals surface area contributed by atoms with Gasteiger partial charge in [0, 0.05) is 6.54 Å². The molecule has 7 nitrogen and oxygen atoms in total. The third kappa shape index (κ3) is 3.41. The summed E-state index contributed by atoms with van der Waals surface area (Å²) in [6.07, 6.45) is 2.14. The number of hydrogen-bond acceptors (Lipinski definition) is 5. The molecule has 0 bridgehead atoms. The largest absolute Gasteiger partial charge is 0.394 e. The van der Waals surface area contributed by atoms with Gasteiger partial charge in [0.05, 0.1) is 25.0 Å². The molecule has 106 valence electrons. The number of sulfonamides is 1. The highest BCUT2D eigenvalue weighted by molar-refractivity contribution is 7.88. The van der Waals surface area contributed by atoms with Gasteiger partial charge in [-0.25, -0.2) is 8.42 Å². The topological polar surface area (TPSA) is 107 Å². The van der Waals surface area contributed by atoms with Crippen molar-refractivity contribution >= 4 is 15.9 Å². The van der Waals surface area contributed by atoms with Crippen LogP contribution in [0.5, 0.6) is 0 Å². The first-order valence-corrected chi connectivity index (χ1v) is 7.59. The summed E-state index contributed by atoms with van der Waals surface area (Å²) in [6, 6.07) is -0.752. The molecule has 18 heavy (non-hydrogen) atoms. The van der Waals surface area contributed by atoms with Gasteiger partial charge in [0.15, 0.2) is 0 Å². The summed E-state index contributed by atoms with van der Waals surface area (Å²) in [7, 11) is -3.42. The Balaban J connectivity index is 2.78. The zero-order chi connectivity index (χ0) is 14.0. The van der Waals surface area contributed by atoms with Crippen LogP contribution in [0, 0.1) is 0 Å². The van der Waals surface area contributed by atoms with Gasteiger partial charge in [-0.3, -0.25) is 4.79 Å². The first kappa shape index (κ1) is 15.4. The van der Waals surface area contributed by atoms with Crippen LogP contribution in [0.25, 0.3) is 0 Å². The molecule has 1 heterocycles. The van der Waals surface area contributed by atoms with Gasteiger partial charge in [-0.1, -0.05) is 0 Å². The second-order valence-electron chi connectivity index (χ2n) is 4.90. The number of nitrogens with one attached hydrogen (secondary N) is 1. The minimum atomic E-state index is -3.42. The fourth-order valence-electron chi connectivity index (χ4n) is 1.91. The number of carbonyl (C=O) groups excluding carboxylic acids is 1. The number of rotatable bonds is 5. The lowest BCUT2D eigenvalue weighted by Gasteiger charge is -2.29. The van der Waals surface area contributed by atoms with Crippen molar-refractivity contribution in [3.05, 3.63) is 0 Å². The van der Waals surface area contributed by atoms with Gasteiger partial charge in [0.2, 0.25) is 15.9 Å². The van der Waals surface area contributed by atoms with Gasteiger partial charge in [-0.2, -0.15) is 4.31 Å². The zero-order valence-electron chi connectivity index (χ0n) is 10.6. The molecular weight excluding hydrogens is 260 g/mol. The molecule has 0 aromatic heterocycles. The molecule has 0 spiro atoms. The number of amides is 1. The van der Waals surface area contributed by atoms with Crippen LogP contribution in [0.2, 0.25) is 0 Å². The molecule has 3 N–H and O–H groups in total. The Bertz CT molecular complexity index is 404. The smallest absolute Gasteiger partial charge is 0.239 e. The van der Waals surface area contributed by atoms with Crippen LogP contribution < -0.4 is 5.32 Å². The molecule has 0 aromatic rings. The molecule has 0 radical (unpaired) electrons. The van der Waals surface area contributed by atoms with Crippen molar-refractivity contribution in [2.75, 3.05) is 26.0 Å². The number of aliphatic hydroxyl groups is 2. The van der Waals surface area contributed by atoms with Crippen LogP contribution in [-0.4, -0.2) is 66.4 Å². The predicted octanol–water partition coefficient (Wildman–Crippen LogP) is -1.73. The lowest BCUT2D eigenvalue weighted by molar-refractivity contribution is -0.127. The van der Waals surface area contributed by atoms with Gasteiger partial charge in [-0.15, -0.1) is 0 Å². The van der Waals surface area contributed by atoms with Crippen molar-refractivity contribution < 1.29 is 23.4 Å². The van der Waals surface area contributed by atoms with E-state index in [9.17, 15) is 13.2 Å². The Labute approximate surface area is 107 Å². The molecule has 0 aliphatic carbocycles. The van der Waals surface area contributed by atoms with E-state index in [0.717, 1.165) is 10.6 Å². The quantitative estimate of drug-likeness (QED) is 0.555. The molecule has 1 aliphatic heterocycles. The van der Waals surface area contributed by atoms with E-state index in [1.54, 1.807) is 0 Å². The minimum Gasteiger partial charge on any atom is -0.394 e. The first-order valence-electron chi connectivity index (χ1n) is 5.74. The standard InChI is InChI=1S/C10H20N2O5S/c1-10(6-13,7-14)11-9(15)8-4-3-5-12(8)18(2,16)17/h8,13-14H,3-7H2,1-2H3,(H,11,15). The van der Waals surface area contributed by atoms with Crippen LogP contribution in [0.1, 0.15) is 19.8 Å². The van der Waals surface area contributed by atoms with Crippen molar-refractivity contribution in [2.24, 2.45) is 0 Å². The van der Waals surface area contributed by atoms with E-state index in [2.05, 4.69) is 5.32 Å². The van der Waals surface area contributed by atoms with Crippen LogP contribution in [0.4, 0.5) is 0 Å². The fourth-order valence-corrected chi connectivity index (χ4v) is 3.03. The number of aliphatic hydroxyl groups excluding tert-OH is 2. The second kappa shape index (κ2) is 5.52. The average Bonchev–Trinajstić information content (AvgIpc) is 2.77. The summed E-state index contributed by atoms with van der Waals surface area (Å²) in [5.41, 5.74) is -1.14. The maximum absolute atomic E-state index is 12.0. The molecule has 0 aromatic carbocycles. The zero-order valence-corrected chi connectivity index (χ0v) is 11.4. The molecule has 1 amide bonds. The minimum absolute atomic E-state index is 0.325. The third-order valence-corrected chi connectivity index (χ3v) is 4.34. The molecular formula is C10H20N2O5S. The van der Waals surface area contributed by atoms with Crippen molar-refractivity contribution in [1.29, 1.82) is 0 Å². The van der Waals surface area contributed by atoms with Crippen LogP contribution in [-0.2, 0) is 14.8 Å². The molecule has 1 rings (SSSR count).